The summed E-state index contributed by atoms with van der Waals surface area (Å²) < 4.78 is 1.78. The van der Waals surface area contributed by atoms with Crippen LogP contribution in [0.3, 0.4) is 0 Å². The Morgan fingerprint density at radius 2 is 2.00 bits per heavy atom. The predicted octanol–water partition coefficient (Wildman–Crippen LogP) is 3.65. The molecule has 0 saturated heterocycles. The molecule has 0 saturated carbocycles. The van der Waals surface area contributed by atoms with Gasteiger partial charge in [0.25, 0.3) is 0 Å². The van der Waals surface area contributed by atoms with Crippen LogP contribution in [0.25, 0.3) is 17.0 Å². The maximum absolute atomic E-state index is 4.58. The van der Waals surface area contributed by atoms with E-state index in [2.05, 4.69) is 54.0 Å². The van der Waals surface area contributed by atoms with Crippen LogP contribution >= 0.6 is 0 Å². The van der Waals surface area contributed by atoms with Gasteiger partial charge >= 0.3 is 0 Å². The monoisotopic (exact) mass is 268 g/mol. The van der Waals surface area contributed by atoms with Crippen LogP contribution < -0.4 is 0 Å². The van der Waals surface area contributed by atoms with Gasteiger partial charge in [0.1, 0.15) is 0 Å². The van der Waals surface area contributed by atoms with Crippen molar-refractivity contribution in [3.63, 3.8) is 0 Å². The Morgan fingerprint density at radius 3 is 2.65 bits per heavy atom. The van der Waals surface area contributed by atoms with Gasteiger partial charge < -0.3 is 4.98 Å². The second kappa shape index (κ2) is 4.47. The predicted molar refractivity (Wildman–Crippen MR) is 81.1 cm³/mol. The third-order valence-electron chi connectivity index (χ3n) is 3.21. The highest BCUT2D eigenvalue weighted by molar-refractivity contribution is 5.77. The normalized spacial score (nSPS) is 12.2. The minimum absolute atomic E-state index is 0.287. The van der Waals surface area contributed by atoms with Crippen LogP contribution in [-0.2, 0) is 6.42 Å². The first-order valence-corrected chi connectivity index (χ1v) is 6.92. The summed E-state index contributed by atoms with van der Waals surface area (Å²) in [6.45, 7) is 8.73. The number of fused-ring (bicyclic) bond motifs is 1. The first kappa shape index (κ1) is 12.9. The van der Waals surface area contributed by atoms with Crippen molar-refractivity contribution < 1.29 is 0 Å². The Bertz CT molecular complexity index is 743. The molecule has 20 heavy (non-hydrogen) atoms. The summed E-state index contributed by atoms with van der Waals surface area (Å²) in [7, 11) is 0. The Morgan fingerprint density at radius 1 is 1.20 bits per heavy atom. The van der Waals surface area contributed by atoms with Crippen LogP contribution in [0.4, 0.5) is 0 Å². The highest BCUT2D eigenvalue weighted by Gasteiger charge is 2.12. The molecule has 0 aliphatic rings. The molecular formula is C16H20N4. The van der Waals surface area contributed by atoms with Gasteiger partial charge in [0, 0.05) is 6.20 Å². The van der Waals surface area contributed by atoms with Gasteiger partial charge in [0.2, 0.25) is 5.95 Å². The molecule has 4 heteroatoms. The van der Waals surface area contributed by atoms with Gasteiger partial charge in [0.05, 0.1) is 16.7 Å². The van der Waals surface area contributed by atoms with Crippen LogP contribution in [0, 0.1) is 12.3 Å². The lowest BCUT2D eigenvalue weighted by Crippen LogP contribution is -2.08. The quantitative estimate of drug-likeness (QED) is 0.771. The number of nitrogens with one attached hydrogen (secondary N) is 1. The molecule has 1 aromatic carbocycles. The molecule has 0 fully saturated rings. The Labute approximate surface area is 118 Å². The molecule has 0 bridgehead atoms. The van der Waals surface area contributed by atoms with Crippen molar-refractivity contribution in [1.82, 2.24) is 19.7 Å². The van der Waals surface area contributed by atoms with E-state index in [1.54, 1.807) is 4.68 Å². The fraction of sp³-hybridized carbons (Fsp3) is 0.375. The van der Waals surface area contributed by atoms with E-state index in [-0.39, 0.29) is 5.41 Å². The molecule has 0 aliphatic heterocycles. The molecule has 4 nitrogen and oxygen atoms in total. The Kier molecular flexibility index (Phi) is 2.89. The topological polar surface area (TPSA) is 46.5 Å². The molecule has 2 aromatic heterocycles. The maximum Gasteiger partial charge on any atom is 0.229 e. The first-order valence-electron chi connectivity index (χ1n) is 6.92. The van der Waals surface area contributed by atoms with E-state index >= 15 is 0 Å². The third-order valence-corrected chi connectivity index (χ3v) is 3.21. The standard InChI is InChI=1S/C16H20N4/c1-11-7-8-20(19-11)15-17-13-6-5-12(9-14(13)18-15)10-16(2,3)4/h5-9H,10H2,1-4H3,(H,17,18). The van der Waals surface area contributed by atoms with Crippen molar-refractivity contribution in [2.45, 2.75) is 34.1 Å². The lowest BCUT2D eigenvalue weighted by atomic mass is 9.88. The molecule has 0 amide bonds. The van der Waals surface area contributed by atoms with Crippen LogP contribution in [0.15, 0.2) is 30.5 Å². The summed E-state index contributed by atoms with van der Waals surface area (Å²) in [6.07, 6.45) is 2.97. The number of H-pyrrole nitrogens is 1. The summed E-state index contributed by atoms with van der Waals surface area (Å²) >= 11 is 0. The molecule has 1 N–H and O–H groups in total. The highest BCUT2D eigenvalue weighted by atomic mass is 15.3. The zero-order valence-corrected chi connectivity index (χ0v) is 12.4. The van der Waals surface area contributed by atoms with Crippen molar-refractivity contribution in [2.75, 3.05) is 0 Å². The Balaban J connectivity index is 1.99. The molecule has 0 aliphatic carbocycles. The summed E-state index contributed by atoms with van der Waals surface area (Å²) in [5, 5.41) is 4.38. The molecule has 2 heterocycles. The number of benzene rings is 1. The smallest absolute Gasteiger partial charge is 0.229 e. The minimum Gasteiger partial charge on any atom is -0.322 e. The number of rotatable bonds is 2. The van der Waals surface area contributed by atoms with Crippen molar-refractivity contribution in [3.8, 4) is 5.95 Å². The van der Waals surface area contributed by atoms with Gasteiger partial charge in [-0.1, -0.05) is 26.8 Å². The van der Waals surface area contributed by atoms with Crippen LogP contribution in [0.1, 0.15) is 32.0 Å². The lowest BCUT2D eigenvalue weighted by molar-refractivity contribution is 0.411. The van der Waals surface area contributed by atoms with Crippen molar-refractivity contribution in [3.05, 3.63) is 41.7 Å². The molecule has 3 aromatic rings. The second-order valence-corrected chi connectivity index (χ2v) is 6.55. The Hall–Kier alpha value is -2.10. The number of aromatic amines is 1. The van der Waals surface area contributed by atoms with Gasteiger partial charge in [-0.05, 0) is 42.5 Å². The summed E-state index contributed by atoms with van der Waals surface area (Å²) in [4.78, 5) is 7.92. The fourth-order valence-electron chi connectivity index (χ4n) is 2.41. The van der Waals surface area contributed by atoms with E-state index < -0.39 is 0 Å². The average Bonchev–Trinajstić information content (AvgIpc) is 2.92. The lowest BCUT2D eigenvalue weighted by Gasteiger charge is -2.17. The van der Waals surface area contributed by atoms with Gasteiger partial charge in [-0.25, -0.2) is 9.67 Å². The van der Waals surface area contributed by atoms with Crippen molar-refractivity contribution in [2.24, 2.45) is 5.41 Å². The van der Waals surface area contributed by atoms with Crippen LogP contribution in [-0.4, -0.2) is 19.7 Å². The number of aryl methyl sites for hydroxylation is 1. The van der Waals surface area contributed by atoms with Gasteiger partial charge in [0.15, 0.2) is 0 Å². The van der Waals surface area contributed by atoms with E-state index in [4.69, 9.17) is 0 Å². The largest absolute Gasteiger partial charge is 0.322 e. The summed E-state index contributed by atoms with van der Waals surface area (Å²) in [5.74, 6) is 0.765. The second-order valence-electron chi connectivity index (χ2n) is 6.55. The minimum atomic E-state index is 0.287. The van der Waals surface area contributed by atoms with Gasteiger partial charge in [-0.2, -0.15) is 5.10 Å². The number of hydrogen-bond acceptors (Lipinski definition) is 2. The number of nitrogens with zero attached hydrogens (tertiary/aromatic N) is 3. The number of hydrogen-bond donors (Lipinski definition) is 1. The zero-order chi connectivity index (χ0) is 14.3. The van der Waals surface area contributed by atoms with Crippen LogP contribution in [0.5, 0.6) is 0 Å². The van der Waals surface area contributed by atoms with E-state index in [9.17, 15) is 0 Å². The van der Waals surface area contributed by atoms with E-state index in [1.165, 1.54) is 5.56 Å². The third kappa shape index (κ3) is 2.59. The van der Waals surface area contributed by atoms with E-state index in [1.807, 2.05) is 19.2 Å². The molecular weight excluding hydrogens is 248 g/mol. The van der Waals surface area contributed by atoms with Gasteiger partial charge in [-0.3, -0.25) is 0 Å². The molecule has 3 rings (SSSR count). The number of aromatic nitrogens is 4. The average molecular weight is 268 g/mol. The molecule has 0 radical (unpaired) electrons. The summed E-state index contributed by atoms with van der Waals surface area (Å²) in [6, 6.07) is 8.39. The molecule has 0 unspecified atom stereocenters. The molecule has 0 spiro atoms. The zero-order valence-electron chi connectivity index (χ0n) is 12.4. The van der Waals surface area contributed by atoms with Gasteiger partial charge in [-0.15, -0.1) is 0 Å². The van der Waals surface area contributed by atoms with E-state index in [0.29, 0.717) is 0 Å². The maximum atomic E-state index is 4.58. The SMILES string of the molecule is Cc1ccn(-c2nc3ccc(CC(C)(C)C)cc3[nH]2)n1. The number of imidazole rings is 1. The van der Waals surface area contributed by atoms with Crippen molar-refractivity contribution >= 4 is 11.0 Å². The molecule has 104 valence electrons. The fourth-order valence-corrected chi connectivity index (χ4v) is 2.41. The summed E-state index contributed by atoms with van der Waals surface area (Å²) in [5.41, 5.74) is 4.65. The van der Waals surface area contributed by atoms with Crippen molar-refractivity contribution in [1.29, 1.82) is 0 Å². The van der Waals surface area contributed by atoms with Crippen LogP contribution in [0.2, 0.25) is 0 Å². The molecule has 0 atom stereocenters. The first-order chi connectivity index (χ1) is 9.40. The van der Waals surface area contributed by atoms with E-state index in [0.717, 1.165) is 29.1 Å². The highest BCUT2D eigenvalue weighted by Crippen LogP contribution is 2.23.